The zero-order chi connectivity index (χ0) is 18.7. The van der Waals surface area contributed by atoms with Crippen molar-refractivity contribution < 1.29 is 4.79 Å². The fraction of sp³-hybridized carbons (Fsp3) is 0.167. The van der Waals surface area contributed by atoms with Crippen LogP contribution in [-0.4, -0.2) is 26.4 Å². The SMILES string of the molecule is Cc1ccc(Cl)cc1NC(=O)CSc1nnc(-c2ccccc2Br)n1C. The van der Waals surface area contributed by atoms with Gasteiger partial charge in [0.15, 0.2) is 11.0 Å². The fourth-order valence-corrected chi connectivity index (χ4v) is 3.71. The Morgan fingerprint density at radius 1 is 1.27 bits per heavy atom. The second kappa shape index (κ2) is 8.24. The predicted octanol–water partition coefficient (Wildman–Crippen LogP) is 4.94. The Bertz CT molecular complexity index is 960. The summed E-state index contributed by atoms with van der Waals surface area (Å²) in [6.45, 7) is 1.92. The molecule has 1 N–H and O–H groups in total. The summed E-state index contributed by atoms with van der Waals surface area (Å²) in [6.07, 6.45) is 0. The Morgan fingerprint density at radius 2 is 2.04 bits per heavy atom. The standard InChI is InChI=1S/C18H16BrClN4OS/c1-11-7-8-12(20)9-15(11)21-16(25)10-26-18-23-22-17(24(18)2)13-5-3-4-6-14(13)19/h3-9H,10H2,1-2H3,(H,21,25). The molecule has 0 atom stereocenters. The number of nitrogens with zero attached hydrogens (tertiary/aromatic N) is 3. The van der Waals surface area contributed by atoms with Crippen LogP contribution in [0.5, 0.6) is 0 Å². The second-order valence-electron chi connectivity index (χ2n) is 5.64. The van der Waals surface area contributed by atoms with E-state index in [1.54, 1.807) is 12.1 Å². The highest BCUT2D eigenvalue weighted by Crippen LogP contribution is 2.28. The van der Waals surface area contributed by atoms with Crippen LogP contribution in [-0.2, 0) is 11.8 Å². The minimum absolute atomic E-state index is 0.120. The number of halogens is 2. The van der Waals surface area contributed by atoms with Gasteiger partial charge in [-0.2, -0.15) is 0 Å². The number of carbonyl (C=O) groups is 1. The zero-order valence-electron chi connectivity index (χ0n) is 14.2. The fourth-order valence-electron chi connectivity index (χ4n) is 2.36. The molecule has 0 bridgehead atoms. The third-order valence-corrected chi connectivity index (χ3v) is 5.70. The maximum atomic E-state index is 12.3. The Hall–Kier alpha value is -1.83. The molecule has 3 rings (SSSR count). The number of nitrogens with one attached hydrogen (secondary N) is 1. The van der Waals surface area contributed by atoms with Crippen LogP contribution in [0.1, 0.15) is 5.56 Å². The van der Waals surface area contributed by atoms with Crippen molar-refractivity contribution in [3.05, 3.63) is 57.5 Å². The van der Waals surface area contributed by atoms with E-state index in [0.29, 0.717) is 10.2 Å². The third-order valence-electron chi connectivity index (χ3n) is 3.76. The number of aromatic nitrogens is 3. The van der Waals surface area contributed by atoms with Crippen LogP contribution in [0.25, 0.3) is 11.4 Å². The number of anilines is 1. The van der Waals surface area contributed by atoms with E-state index in [-0.39, 0.29) is 11.7 Å². The molecule has 26 heavy (non-hydrogen) atoms. The summed E-state index contributed by atoms with van der Waals surface area (Å²) in [5.41, 5.74) is 2.63. The second-order valence-corrected chi connectivity index (χ2v) is 7.87. The zero-order valence-corrected chi connectivity index (χ0v) is 17.3. The Labute approximate surface area is 169 Å². The molecule has 0 radical (unpaired) electrons. The van der Waals surface area contributed by atoms with Gasteiger partial charge in [0, 0.05) is 27.8 Å². The van der Waals surface area contributed by atoms with Crippen LogP contribution >= 0.6 is 39.3 Å². The lowest BCUT2D eigenvalue weighted by Crippen LogP contribution is -2.15. The van der Waals surface area contributed by atoms with E-state index in [4.69, 9.17) is 11.6 Å². The van der Waals surface area contributed by atoms with Crippen molar-refractivity contribution in [1.82, 2.24) is 14.8 Å². The van der Waals surface area contributed by atoms with Gasteiger partial charge < -0.3 is 9.88 Å². The highest BCUT2D eigenvalue weighted by molar-refractivity contribution is 9.10. The number of amides is 1. The summed E-state index contributed by atoms with van der Waals surface area (Å²) in [5.74, 6) is 0.852. The van der Waals surface area contributed by atoms with Gasteiger partial charge in [-0.1, -0.05) is 63.6 Å². The molecule has 5 nitrogen and oxygen atoms in total. The first-order chi connectivity index (χ1) is 12.5. The Kier molecular flexibility index (Phi) is 6.01. The predicted molar refractivity (Wildman–Crippen MR) is 110 cm³/mol. The van der Waals surface area contributed by atoms with Gasteiger partial charge in [-0.05, 0) is 30.7 Å². The summed E-state index contributed by atoms with van der Waals surface area (Å²) >= 11 is 10.8. The molecule has 0 aliphatic carbocycles. The van der Waals surface area contributed by atoms with Crippen LogP contribution in [0.3, 0.4) is 0 Å². The van der Waals surface area contributed by atoms with Crippen LogP contribution in [0.15, 0.2) is 52.1 Å². The normalized spacial score (nSPS) is 10.8. The molecule has 0 unspecified atom stereocenters. The van der Waals surface area contributed by atoms with Crippen molar-refractivity contribution in [2.24, 2.45) is 7.05 Å². The minimum atomic E-state index is -0.120. The van der Waals surface area contributed by atoms with Gasteiger partial charge in [0.25, 0.3) is 0 Å². The maximum Gasteiger partial charge on any atom is 0.234 e. The molecule has 0 aliphatic rings. The topological polar surface area (TPSA) is 59.8 Å². The highest BCUT2D eigenvalue weighted by atomic mass is 79.9. The van der Waals surface area contributed by atoms with Crippen LogP contribution in [0, 0.1) is 6.92 Å². The number of carbonyl (C=O) groups excluding carboxylic acids is 1. The van der Waals surface area contributed by atoms with Gasteiger partial charge in [0.1, 0.15) is 0 Å². The maximum absolute atomic E-state index is 12.3. The monoisotopic (exact) mass is 450 g/mol. The first-order valence-electron chi connectivity index (χ1n) is 7.79. The molecule has 0 fully saturated rings. The number of thioether (sulfide) groups is 1. The van der Waals surface area contributed by atoms with Crippen molar-refractivity contribution in [2.75, 3.05) is 11.1 Å². The van der Waals surface area contributed by atoms with Crippen LogP contribution in [0.2, 0.25) is 5.02 Å². The summed E-state index contributed by atoms with van der Waals surface area (Å²) < 4.78 is 2.82. The molecule has 3 aromatic rings. The lowest BCUT2D eigenvalue weighted by molar-refractivity contribution is -0.113. The number of hydrogen-bond donors (Lipinski definition) is 1. The molecular weight excluding hydrogens is 436 g/mol. The summed E-state index contributed by atoms with van der Waals surface area (Å²) in [6, 6.07) is 13.2. The van der Waals surface area contributed by atoms with E-state index in [9.17, 15) is 4.79 Å². The van der Waals surface area contributed by atoms with E-state index in [0.717, 1.165) is 27.1 Å². The van der Waals surface area contributed by atoms with E-state index >= 15 is 0 Å². The van der Waals surface area contributed by atoms with E-state index in [1.165, 1.54) is 11.8 Å². The molecule has 8 heteroatoms. The molecule has 1 amide bonds. The molecule has 2 aromatic carbocycles. The van der Waals surface area contributed by atoms with Gasteiger partial charge in [-0.15, -0.1) is 10.2 Å². The Balaban J connectivity index is 1.68. The van der Waals surface area contributed by atoms with Crippen molar-refractivity contribution in [2.45, 2.75) is 12.1 Å². The minimum Gasteiger partial charge on any atom is -0.325 e. The number of aryl methyl sites for hydroxylation is 1. The summed E-state index contributed by atoms with van der Waals surface area (Å²) in [7, 11) is 1.89. The van der Waals surface area contributed by atoms with Crippen molar-refractivity contribution in [3.8, 4) is 11.4 Å². The Morgan fingerprint density at radius 3 is 2.81 bits per heavy atom. The molecular formula is C18H16BrClN4OS. The molecule has 1 aromatic heterocycles. The summed E-state index contributed by atoms with van der Waals surface area (Å²) in [4.78, 5) is 12.3. The van der Waals surface area contributed by atoms with E-state index in [2.05, 4.69) is 31.4 Å². The van der Waals surface area contributed by atoms with Crippen molar-refractivity contribution in [3.63, 3.8) is 0 Å². The quantitative estimate of drug-likeness (QED) is 0.558. The lowest BCUT2D eigenvalue weighted by atomic mass is 10.2. The first-order valence-corrected chi connectivity index (χ1v) is 9.94. The molecule has 134 valence electrons. The van der Waals surface area contributed by atoms with Crippen LogP contribution < -0.4 is 5.32 Å². The van der Waals surface area contributed by atoms with Gasteiger partial charge in [0.05, 0.1) is 5.75 Å². The number of benzene rings is 2. The molecule has 0 saturated heterocycles. The van der Waals surface area contributed by atoms with Gasteiger partial charge >= 0.3 is 0 Å². The average Bonchev–Trinajstić information content (AvgIpc) is 2.97. The average molecular weight is 452 g/mol. The van der Waals surface area contributed by atoms with Gasteiger partial charge in [-0.3, -0.25) is 4.79 Å². The highest BCUT2D eigenvalue weighted by Gasteiger charge is 2.15. The van der Waals surface area contributed by atoms with Crippen molar-refractivity contribution in [1.29, 1.82) is 0 Å². The molecule has 1 heterocycles. The van der Waals surface area contributed by atoms with E-state index in [1.807, 2.05) is 48.9 Å². The number of hydrogen-bond acceptors (Lipinski definition) is 4. The third kappa shape index (κ3) is 4.28. The molecule has 0 aliphatic heterocycles. The molecule has 0 saturated carbocycles. The van der Waals surface area contributed by atoms with Crippen LogP contribution in [0.4, 0.5) is 5.69 Å². The van der Waals surface area contributed by atoms with Crippen molar-refractivity contribution >= 4 is 50.9 Å². The van der Waals surface area contributed by atoms with Gasteiger partial charge in [0.2, 0.25) is 5.91 Å². The first kappa shape index (κ1) is 18.9. The number of rotatable bonds is 5. The summed E-state index contributed by atoms with van der Waals surface area (Å²) in [5, 5.41) is 12.6. The smallest absolute Gasteiger partial charge is 0.234 e. The lowest BCUT2D eigenvalue weighted by Gasteiger charge is -2.09. The largest absolute Gasteiger partial charge is 0.325 e. The van der Waals surface area contributed by atoms with E-state index < -0.39 is 0 Å². The van der Waals surface area contributed by atoms with Gasteiger partial charge in [-0.25, -0.2) is 0 Å². The molecule has 0 spiro atoms.